The second-order valence-electron chi connectivity index (χ2n) is 3.80. The summed E-state index contributed by atoms with van der Waals surface area (Å²) in [6, 6.07) is 7.78. The molecule has 2 rings (SSSR count). The maximum absolute atomic E-state index is 11.1. The van der Waals surface area contributed by atoms with Gasteiger partial charge < -0.3 is 5.11 Å². The Hall–Kier alpha value is -1.07. The Morgan fingerprint density at radius 2 is 2.22 bits per heavy atom. The number of carbonyl (C=O) groups is 1. The number of rotatable bonds is 4. The van der Waals surface area contributed by atoms with E-state index in [1.54, 1.807) is 6.20 Å². The summed E-state index contributed by atoms with van der Waals surface area (Å²) in [5, 5.41) is 11.4. The van der Waals surface area contributed by atoms with E-state index in [2.05, 4.69) is 20.9 Å². The van der Waals surface area contributed by atoms with Gasteiger partial charge in [-0.15, -0.1) is 0 Å². The van der Waals surface area contributed by atoms with Crippen LogP contribution in [0, 0.1) is 0 Å². The zero-order valence-corrected chi connectivity index (χ0v) is 12.2. The number of benzene rings is 1. The van der Waals surface area contributed by atoms with Gasteiger partial charge in [0, 0.05) is 21.4 Å². The van der Waals surface area contributed by atoms with Crippen LogP contribution < -0.4 is 0 Å². The van der Waals surface area contributed by atoms with E-state index in [9.17, 15) is 4.79 Å². The quantitative estimate of drug-likeness (QED) is 0.864. The van der Waals surface area contributed by atoms with Gasteiger partial charge in [0.25, 0.3) is 0 Å². The molecule has 1 aromatic carbocycles. The number of carboxylic acids is 1. The number of thioether (sulfide) groups is 1. The molecule has 5 heteroatoms. The van der Waals surface area contributed by atoms with Gasteiger partial charge in [-0.25, -0.2) is 4.98 Å². The van der Waals surface area contributed by atoms with Gasteiger partial charge in [-0.2, -0.15) is 0 Å². The molecule has 94 valence electrons. The predicted octanol–water partition coefficient (Wildman–Crippen LogP) is 3.95. The Labute approximate surface area is 118 Å². The van der Waals surface area contributed by atoms with Gasteiger partial charge >= 0.3 is 5.97 Å². The van der Waals surface area contributed by atoms with Crippen molar-refractivity contribution in [3.8, 4) is 0 Å². The Bertz CT molecular complexity index is 588. The van der Waals surface area contributed by atoms with Crippen LogP contribution in [-0.2, 0) is 4.79 Å². The van der Waals surface area contributed by atoms with Gasteiger partial charge in [-0.05, 0) is 18.6 Å². The lowest BCUT2D eigenvalue weighted by Gasteiger charge is -2.11. The van der Waals surface area contributed by atoms with Crippen molar-refractivity contribution in [2.75, 3.05) is 0 Å². The first kappa shape index (κ1) is 13.4. The van der Waals surface area contributed by atoms with Gasteiger partial charge in [0.2, 0.25) is 0 Å². The van der Waals surface area contributed by atoms with Crippen LogP contribution in [0.25, 0.3) is 10.8 Å². The zero-order chi connectivity index (χ0) is 13.1. The highest BCUT2D eigenvalue weighted by atomic mass is 79.9. The van der Waals surface area contributed by atoms with Gasteiger partial charge in [0.05, 0.1) is 0 Å². The molecule has 2 aromatic rings. The largest absolute Gasteiger partial charge is 0.480 e. The molecule has 0 fully saturated rings. The molecule has 1 aromatic heterocycles. The first-order valence-electron chi connectivity index (χ1n) is 5.56. The molecule has 0 amide bonds. The summed E-state index contributed by atoms with van der Waals surface area (Å²) >= 11 is 4.79. The smallest absolute Gasteiger partial charge is 0.317 e. The number of hydrogen-bond donors (Lipinski definition) is 1. The van der Waals surface area contributed by atoms with E-state index in [0.717, 1.165) is 20.3 Å². The van der Waals surface area contributed by atoms with Crippen LogP contribution in [0.15, 0.2) is 40.0 Å². The molecule has 1 unspecified atom stereocenters. The molecule has 1 atom stereocenters. The van der Waals surface area contributed by atoms with Crippen LogP contribution in [0.2, 0.25) is 0 Å². The molecule has 0 aliphatic heterocycles. The van der Waals surface area contributed by atoms with E-state index in [1.165, 1.54) is 11.8 Å². The molecule has 0 bridgehead atoms. The fourth-order valence-corrected chi connectivity index (χ4v) is 3.14. The summed E-state index contributed by atoms with van der Waals surface area (Å²) in [5.41, 5.74) is 0. The molecule has 0 saturated heterocycles. The van der Waals surface area contributed by atoms with Crippen molar-refractivity contribution < 1.29 is 9.90 Å². The molecular weight excluding hydrogens is 314 g/mol. The van der Waals surface area contributed by atoms with Crippen LogP contribution >= 0.6 is 27.7 Å². The molecule has 0 radical (unpaired) electrons. The SMILES string of the molecule is CCC(Sc1nccc2c(Br)cccc12)C(=O)O. The number of pyridine rings is 1. The van der Waals surface area contributed by atoms with Gasteiger partial charge in [-0.1, -0.05) is 46.7 Å². The Morgan fingerprint density at radius 3 is 2.89 bits per heavy atom. The highest BCUT2D eigenvalue weighted by Gasteiger charge is 2.18. The summed E-state index contributed by atoms with van der Waals surface area (Å²) in [4.78, 5) is 15.4. The Morgan fingerprint density at radius 1 is 1.44 bits per heavy atom. The van der Waals surface area contributed by atoms with Crippen LogP contribution in [0.1, 0.15) is 13.3 Å². The first-order chi connectivity index (χ1) is 8.63. The third kappa shape index (κ3) is 2.67. The van der Waals surface area contributed by atoms with E-state index >= 15 is 0 Å². The van der Waals surface area contributed by atoms with Crippen molar-refractivity contribution in [1.82, 2.24) is 4.98 Å². The minimum absolute atomic E-state index is 0.456. The number of aliphatic carboxylic acids is 1. The van der Waals surface area contributed by atoms with Gasteiger partial charge in [0.15, 0.2) is 0 Å². The number of fused-ring (bicyclic) bond motifs is 1. The lowest BCUT2D eigenvalue weighted by molar-refractivity contribution is -0.136. The topological polar surface area (TPSA) is 50.2 Å². The molecule has 0 saturated carbocycles. The van der Waals surface area contributed by atoms with Crippen molar-refractivity contribution in [3.05, 3.63) is 34.9 Å². The molecule has 0 spiro atoms. The number of hydrogen-bond acceptors (Lipinski definition) is 3. The summed E-state index contributed by atoms with van der Waals surface area (Å²) in [7, 11) is 0. The third-order valence-electron chi connectivity index (χ3n) is 2.62. The average Bonchev–Trinajstić information content (AvgIpc) is 2.36. The maximum atomic E-state index is 11.1. The van der Waals surface area contributed by atoms with Crippen LogP contribution in [0.5, 0.6) is 0 Å². The summed E-state index contributed by atoms with van der Waals surface area (Å²) < 4.78 is 0.993. The molecule has 1 N–H and O–H groups in total. The fourth-order valence-electron chi connectivity index (χ4n) is 1.68. The fraction of sp³-hybridized carbons (Fsp3) is 0.231. The second kappa shape index (κ2) is 5.71. The van der Waals surface area contributed by atoms with Crippen molar-refractivity contribution >= 4 is 44.4 Å². The van der Waals surface area contributed by atoms with Crippen molar-refractivity contribution in [3.63, 3.8) is 0 Å². The van der Waals surface area contributed by atoms with Gasteiger partial charge in [0.1, 0.15) is 10.3 Å². The van der Waals surface area contributed by atoms with Crippen molar-refractivity contribution in [1.29, 1.82) is 0 Å². The normalized spacial score (nSPS) is 12.6. The van der Waals surface area contributed by atoms with E-state index < -0.39 is 11.2 Å². The lowest BCUT2D eigenvalue weighted by atomic mass is 10.2. The summed E-state index contributed by atoms with van der Waals surface area (Å²) in [6.07, 6.45) is 2.29. The summed E-state index contributed by atoms with van der Waals surface area (Å²) in [5.74, 6) is -0.795. The van der Waals surface area contributed by atoms with E-state index in [-0.39, 0.29) is 0 Å². The number of halogens is 1. The Balaban J connectivity index is 2.45. The van der Waals surface area contributed by atoms with Gasteiger partial charge in [-0.3, -0.25) is 4.79 Å². The zero-order valence-electron chi connectivity index (χ0n) is 9.76. The van der Waals surface area contributed by atoms with Crippen LogP contribution in [0.3, 0.4) is 0 Å². The van der Waals surface area contributed by atoms with E-state index in [4.69, 9.17) is 5.11 Å². The number of nitrogens with zero attached hydrogens (tertiary/aromatic N) is 1. The standard InChI is InChI=1S/C13H12BrNO2S/c1-2-11(13(16)17)18-12-9-4-3-5-10(14)8(9)6-7-15-12/h3-7,11H,2H2,1H3,(H,16,17). The molecule has 3 nitrogen and oxygen atoms in total. The monoisotopic (exact) mass is 325 g/mol. The van der Waals surface area contributed by atoms with Crippen LogP contribution in [-0.4, -0.2) is 21.3 Å². The Kier molecular flexibility index (Phi) is 4.24. The molecule has 1 heterocycles. The van der Waals surface area contributed by atoms with E-state index in [1.807, 2.05) is 31.2 Å². The number of aromatic nitrogens is 1. The van der Waals surface area contributed by atoms with Crippen molar-refractivity contribution in [2.45, 2.75) is 23.6 Å². The number of carboxylic acid groups (broad SMARTS) is 1. The molecule has 18 heavy (non-hydrogen) atoms. The average molecular weight is 326 g/mol. The third-order valence-corrected chi connectivity index (χ3v) is 4.68. The molecule has 0 aliphatic rings. The predicted molar refractivity (Wildman–Crippen MR) is 77.0 cm³/mol. The van der Waals surface area contributed by atoms with Crippen molar-refractivity contribution in [2.24, 2.45) is 0 Å². The molecule has 0 aliphatic carbocycles. The van der Waals surface area contributed by atoms with E-state index in [0.29, 0.717) is 6.42 Å². The highest BCUT2D eigenvalue weighted by Crippen LogP contribution is 2.33. The highest BCUT2D eigenvalue weighted by molar-refractivity contribution is 9.10. The maximum Gasteiger partial charge on any atom is 0.317 e. The summed E-state index contributed by atoms with van der Waals surface area (Å²) in [6.45, 7) is 1.87. The second-order valence-corrected chi connectivity index (χ2v) is 5.85. The first-order valence-corrected chi connectivity index (χ1v) is 7.23. The minimum atomic E-state index is -0.795. The minimum Gasteiger partial charge on any atom is -0.480 e. The lowest BCUT2D eigenvalue weighted by Crippen LogP contribution is -2.14. The van der Waals surface area contributed by atoms with Crippen LogP contribution in [0.4, 0.5) is 0 Å². The molecular formula is C13H12BrNO2S.